The van der Waals surface area contributed by atoms with Crippen LogP contribution in [0.15, 0.2) is 0 Å². The third-order valence-corrected chi connectivity index (χ3v) is 2.57. The van der Waals surface area contributed by atoms with Gasteiger partial charge in [0, 0.05) is 0 Å². The summed E-state index contributed by atoms with van der Waals surface area (Å²) in [6.45, 7) is 2.08. The summed E-state index contributed by atoms with van der Waals surface area (Å²) in [5, 5.41) is 3.14. The zero-order chi connectivity index (χ0) is 8.97. The van der Waals surface area contributed by atoms with E-state index in [1.54, 1.807) is 0 Å². The number of nitrogens with two attached hydrogens (primary N) is 2. The molecule has 1 heterocycles. The van der Waals surface area contributed by atoms with Gasteiger partial charge >= 0.3 is 0 Å². The maximum atomic E-state index is 10.6. The molecule has 0 saturated carbocycles. The Bertz CT molecular complexity index is 151. The molecule has 0 aromatic rings. The summed E-state index contributed by atoms with van der Waals surface area (Å²) in [4.78, 5) is 10.6. The van der Waals surface area contributed by atoms with Gasteiger partial charge in [-0.1, -0.05) is 0 Å². The predicted octanol–water partition coefficient (Wildman–Crippen LogP) is -1.30. The van der Waals surface area contributed by atoms with Gasteiger partial charge in [0.15, 0.2) is 0 Å². The van der Waals surface area contributed by atoms with E-state index in [-0.39, 0.29) is 12.0 Å². The number of aldehydes is 1. The molecule has 12 heavy (non-hydrogen) atoms. The molecular weight excluding hydrogens is 154 g/mol. The molecule has 70 valence electrons. The van der Waals surface area contributed by atoms with E-state index in [0.29, 0.717) is 19.0 Å². The lowest BCUT2D eigenvalue weighted by atomic mass is 9.85. The fourth-order valence-electron chi connectivity index (χ4n) is 1.71. The van der Waals surface area contributed by atoms with Crippen LogP contribution < -0.4 is 16.8 Å². The van der Waals surface area contributed by atoms with Crippen LogP contribution in [0.3, 0.4) is 0 Å². The van der Waals surface area contributed by atoms with Gasteiger partial charge in [0.1, 0.15) is 6.29 Å². The Hall–Kier alpha value is -0.450. The van der Waals surface area contributed by atoms with E-state index in [4.69, 9.17) is 11.5 Å². The third-order valence-electron chi connectivity index (χ3n) is 2.57. The van der Waals surface area contributed by atoms with Crippen LogP contribution in [0.25, 0.3) is 0 Å². The maximum Gasteiger partial charge on any atom is 0.137 e. The molecule has 0 aromatic carbocycles. The minimum atomic E-state index is -0.0576. The van der Waals surface area contributed by atoms with Crippen molar-refractivity contribution in [2.45, 2.75) is 12.5 Å². The molecule has 0 aliphatic carbocycles. The predicted molar refractivity (Wildman–Crippen MR) is 47.6 cm³/mol. The van der Waals surface area contributed by atoms with Crippen molar-refractivity contribution in [3.8, 4) is 0 Å². The van der Waals surface area contributed by atoms with Gasteiger partial charge in [0.2, 0.25) is 0 Å². The fraction of sp³-hybridized carbons (Fsp3) is 0.875. The summed E-state index contributed by atoms with van der Waals surface area (Å²) in [6.07, 6.45) is 1.92. The van der Waals surface area contributed by atoms with Crippen LogP contribution in [0.1, 0.15) is 6.42 Å². The van der Waals surface area contributed by atoms with Gasteiger partial charge in [0.05, 0.1) is 6.04 Å². The first-order chi connectivity index (χ1) is 5.81. The van der Waals surface area contributed by atoms with E-state index < -0.39 is 0 Å². The second kappa shape index (κ2) is 4.54. The van der Waals surface area contributed by atoms with Crippen LogP contribution in [0, 0.1) is 11.8 Å². The minimum Gasteiger partial charge on any atom is -0.330 e. The second-order valence-electron chi connectivity index (χ2n) is 3.40. The molecule has 3 unspecified atom stereocenters. The lowest BCUT2D eigenvalue weighted by Gasteiger charge is -2.33. The highest BCUT2D eigenvalue weighted by Gasteiger charge is 2.27. The quantitative estimate of drug-likeness (QED) is 0.461. The number of hydrogen-bond acceptors (Lipinski definition) is 4. The minimum absolute atomic E-state index is 0.0576. The van der Waals surface area contributed by atoms with Crippen LogP contribution >= 0.6 is 0 Å². The Labute approximate surface area is 72.7 Å². The first kappa shape index (κ1) is 9.64. The van der Waals surface area contributed by atoms with Crippen LogP contribution in [-0.4, -0.2) is 32.0 Å². The van der Waals surface area contributed by atoms with E-state index >= 15 is 0 Å². The van der Waals surface area contributed by atoms with Crippen molar-refractivity contribution in [3.63, 3.8) is 0 Å². The molecule has 0 spiro atoms. The van der Waals surface area contributed by atoms with Crippen LogP contribution in [0.2, 0.25) is 0 Å². The van der Waals surface area contributed by atoms with E-state index in [2.05, 4.69) is 5.32 Å². The second-order valence-corrected chi connectivity index (χ2v) is 3.40. The molecule has 1 saturated heterocycles. The molecule has 4 nitrogen and oxygen atoms in total. The van der Waals surface area contributed by atoms with E-state index in [9.17, 15) is 4.79 Å². The number of hydrogen-bond donors (Lipinski definition) is 3. The summed E-state index contributed by atoms with van der Waals surface area (Å²) in [6, 6.07) is -0.0576. The van der Waals surface area contributed by atoms with Crippen molar-refractivity contribution in [2.24, 2.45) is 23.3 Å². The van der Waals surface area contributed by atoms with Crippen molar-refractivity contribution in [3.05, 3.63) is 0 Å². The van der Waals surface area contributed by atoms with Gasteiger partial charge in [-0.25, -0.2) is 0 Å². The average molecular weight is 171 g/mol. The molecule has 4 heteroatoms. The van der Waals surface area contributed by atoms with Gasteiger partial charge in [0.25, 0.3) is 0 Å². The lowest BCUT2D eigenvalue weighted by Crippen LogP contribution is -2.50. The topological polar surface area (TPSA) is 81.1 Å². The highest BCUT2D eigenvalue weighted by atomic mass is 16.1. The Morgan fingerprint density at radius 1 is 1.42 bits per heavy atom. The number of rotatable bonds is 3. The van der Waals surface area contributed by atoms with Crippen molar-refractivity contribution in [2.75, 3.05) is 19.6 Å². The first-order valence-corrected chi connectivity index (χ1v) is 4.40. The fourth-order valence-corrected chi connectivity index (χ4v) is 1.71. The van der Waals surface area contributed by atoms with Gasteiger partial charge in [-0.2, -0.15) is 0 Å². The number of piperidine rings is 1. The molecule has 1 aliphatic heterocycles. The summed E-state index contributed by atoms with van der Waals surface area (Å²) in [7, 11) is 0. The lowest BCUT2D eigenvalue weighted by molar-refractivity contribution is -0.111. The normalized spacial score (nSPS) is 36.3. The molecule has 1 aliphatic rings. The summed E-state index contributed by atoms with van der Waals surface area (Å²) in [5.41, 5.74) is 11.1. The number of nitrogens with one attached hydrogen (secondary N) is 1. The van der Waals surface area contributed by atoms with Crippen LogP contribution in [0.5, 0.6) is 0 Å². The van der Waals surface area contributed by atoms with E-state index in [1.165, 1.54) is 0 Å². The molecule has 1 fully saturated rings. The number of carbonyl (C=O) groups is 1. The standard InChI is InChI=1S/C8H17N3O/c9-2-6-1-7(3-10)8(5-12)11-4-6/h5-8,11H,1-4,9-10H2. The maximum absolute atomic E-state index is 10.6. The van der Waals surface area contributed by atoms with Crippen LogP contribution in [-0.2, 0) is 4.79 Å². The molecule has 3 atom stereocenters. The molecule has 0 aromatic heterocycles. The number of carbonyl (C=O) groups excluding carboxylic acids is 1. The van der Waals surface area contributed by atoms with Crippen molar-refractivity contribution in [1.82, 2.24) is 5.32 Å². The Morgan fingerprint density at radius 2 is 2.17 bits per heavy atom. The Kier molecular flexibility index (Phi) is 3.65. The third kappa shape index (κ3) is 2.03. The Morgan fingerprint density at radius 3 is 2.67 bits per heavy atom. The van der Waals surface area contributed by atoms with Crippen molar-refractivity contribution >= 4 is 6.29 Å². The van der Waals surface area contributed by atoms with Gasteiger partial charge in [-0.3, -0.25) is 0 Å². The molecule has 5 N–H and O–H groups in total. The van der Waals surface area contributed by atoms with Crippen molar-refractivity contribution in [1.29, 1.82) is 0 Å². The van der Waals surface area contributed by atoms with Crippen LogP contribution in [0.4, 0.5) is 0 Å². The first-order valence-electron chi connectivity index (χ1n) is 4.40. The molecule has 0 radical (unpaired) electrons. The highest BCUT2D eigenvalue weighted by molar-refractivity contribution is 5.58. The van der Waals surface area contributed by atoms with E-state index in [1.807, 2.05) is 0 Å². The monoisotopic (exact) mass is 171 g/mol. The van der Waals surface area contributed by atoms with Gasteiger partial charge in [-0.15, -0.1) is 0 Å². The summed E-state index contributed by atoms with van der Waals surface area (Å²) >= 11 is 0. The van der Waals surface area contributed by atoms with E-state index in [0.717, 1.165) is 19.3 Å². The average Bonchev–Trinajstić information content (AvgIpc) is 2.16. The zero-order valence-corrected chi connectivity index (χ0v) is 7.20. The zero-order valence-electron chi connectivity index (χ0n) is 7.20. The summed E-state index contributed by atoms with van der Waals surface area (Å²) < 4.78 is 0. The molecule has 0 bridgehead atoms. The largest absolute Gasteiger partial charge is 0.330 e. The van der Waals surface area contributed by atoms with Crippen molar-refractivity contribution < 1.29 is 4.79 Å². The highest BCUT2D eigenvalue weighted by Crippen LogP contribution is 2.18. The smallest absolute Gasteiger partial charge is 0.137 e. The van der Waals surface area contributed by atoms with Gasteiger partial charge < -0.3 is 21.6 Å². The SMILES string of the molecule is NCC1CNC(C=O)C(CN)C1. The molecule has 1 rings (SSSR count). The Balaban J connectivity index is 2.46. The molecular formula is C8H17N3O. The van der Waals surface area contributed by atoms with Gasteiger partial charge in [-0.05, 0) is 37.9 Å². The molecule has 0 amide bonds. The summed E-state index contributed by atoms with van der Waals surface area (Å²) in [5.74, 6) is 0.750.